The van der Waals surface area contributed by atoms with Crippen molar-refractivity contribution in [1.29, 1.82) is 0 Å². The Morgan fingerprint density at radius 2 is 1.61 bits per heavy atom. The second kappa shape index (κ2) is 7.72. The van der Waals surface area contributed by atoms with Gasteiger partial charge in [-0.05, 0) is 86.5 Å². The Morgan fingerprint density at radius 3 is 2.24 bits per heavy atom. The molecule has 1 aromatic heterocycles. The smallest absolute Gasteiger partial charge is 0.333 e. The molecule has 0 spiro atoms. The molecule has 0 atom stereocenters. The zero-order valence-corrected chi connectivity index (χ0v) is 19.7. The van der Waals surface area contributed by atoms with Crippen molar-refractivity contribution in [3.8, 4) is 0 Å². The standard InChI is InChI=1S/C25H29N3O4S/c1-26-22-14-8-10-15(11-9-14)24-20(22)13-21(32-24)33(30,31)28-25(29)27-23-18-6-2-4-16(18)12-17-5-3-7-19(17)23/h12-15H,2-11H2,1H3,(H2,27,28,29). The molecule has 0 aliphatic heterocycles. The van der Waals surface area contributed by atoms with Crippen LogP contribution < -0.4 is 10.0 Å². The second-order valence-corrected chi connectivity index (χ2v) is 11.4. The predicted molar refractivity (Wildman–Crippen MR) is 126 cm³/mol. The van der Waals surface area contributed by atoms with Crippen molar-refractivity contribution in [1.82, 2.24) is 4.72 Å². The quantitative estimate of drug-likeness (QED) is 0.695. The first-order chi connectivity index (χ1) is 15.9. The number of nitrogens with one attached hydrogen (secondary N) is 2. The van der Waals surface area contributed by atoms with Gasteiger partial charge in [-0.2, -0.15) is 8.42 Å². The molecule has 8 heteroatoms. The van der Waals surface area contributed by atoms with E-state index in [1.54, 1.807) is 13.1 Å². The maximum absolute atomic E-state index is 13.1. The zero-order valence-electron chi connectivity index (χ0n) is 18.9. The number of urea groups is 1. The van der Waals surface area contributed by atoms with Crippen molar-refractivity contribution in [3.05, 3.63) is 45.7 Å². The van der Waals surface area contributed by atoms with Crippen LogP contribution in [0.15, 0.2) is 26.6 Å². The lowest BCUT2D eigenvalue weighted by atomic mass is 9.83. The lowest BCUT2D eigenvalue weighted by Crippen LogP contribution is -2.34. The normalized spacial score (nSPS) is 24.3. The number of nitrogens with zero attached hydrogens (tertiary/aromatic N) is 1. The Hall–Kier alpha value is -2.61. The van der Waals surface area contributed by atoms with E-state index in [1.165, 1.54) is 11.1 Å². The first-order valence-corrected chi connectivity index (χ1v) is 13.5. The van der Waals surface area contributed by atoms with Gasteiger partial charge in [0.25, 0.3) is 10.0 Å². The summed E-state index contributed by atoms with van der Waals surface area (Å²) < 4.78 is 34.3. The molecule has 2 N–H and O–H groups in total. The molecule has 2 bridgehead atoms. The molecule has 0 saturated heterocycles. The molecule has 33 heavy (non-hydrogen) atoms. The molecule has 1 fully saturated rings. The van der Waals surface area contributed by atoms with E-state index >= 15 is 0 Å². The first-order valence-electron chi connectivity index (χ1n) is 12.1. The minimum atomic E-state index is -4.15. The van der Waals surface area contributed by atoms with Crippen LogP contribution in [0.2, 0.25) is 0 Å². The van der Waals surface area contributed by atoms with Crippen LogP contribution in [0.25, 0.3) is 0 Å². The molecular weight excluding hydrogens is 438 g/mol. The molecule has 7 nitrogen and oxygen atoms in total. The van der Waals surface area contributed by atoms with Gasteiger partial charge in [-0.25, -0.2) is 9.52 Å². The van der Waals surface area contributed by atoms with E-state index in [1.807, 2.05) is 0 Å². The molecule has 1 heterocycles. The van der Waals surface area contributed by atoms with E-state index in [2.05, 4.69) is 21.1 Å². The number of rotatable bonds is 3. The summed E-state index contributed by atoms with van der Waals surface area (Å²) in [5, 5.41) is 2.68. The Balaban J connectivity index is 1.28. The second-order valence-electron chi connectivity index (χ2n) is 9.79. The molecule has 2 aromatic rings. The molecule has 0 radical (unpaired) electrons. The van der Waals surface area contributed by atoms with Gasteiger partial charge in [0.1, 0.15) is 5.76 Å². The number of amides is 2. The van der Waals surface area contributed by atoms with Gasteiger partial charge in [-0.1, -0.05) is 6.07 Å². The lowest BCUT2D eigenvalue weighted by Gasteiger charge is -2.22. The van der Waals surface area contributed by atoms with Gasteiger partial charge in [-0.15, -0.1) is 0 Å². The van der Waals surface area contributed by atoms with Gasteiger partial charge in [0.2, 0.25) is 5.09 Å². The predicted octanol–water partition coefficient (Wildman–Crippen LogP) is 4.47. The van der Waals surface area contributed by atoms with Crippen molar-refractivity contribution in [2.24, 2.45) is 10.9 Å². The van der Waals surface area contributed by atoms with Crippen LogP contribution in [0.3, 0.4) is 0 Å². The van der Waals surface area contributed by atoms with Crippen molar-refractivity contribution in [2.45, 2.75) is 75.2 Å². The molecule has 2 amide bonds. The summed E-state index contributed by atoms with van der Waals surface area (Å²) >= 11 is 0. The highest BCUT2D eigenvalue weighted by Gasteiger charge is 2.38. The zero-order chi connectivity index (χ0) is 22.7. The van der Waals surface area contributed by atoms with E-state index in [0.29, 0.717) is 11.7 Å². The molecule has 1 aromatic carbocycles. The van der Waals surface area contributed by atoms with Gasteiger partial charge in [0.05, 0.1) is 0 Å². The van der Waals surface area contributed by atoms with Crippen LogP contribution >= 0.6 is 0 Å². The molecule has 1 saturated carbocycles. The Morgan fingerprint density at radius 1 is 0.970 bits per heavy atom. The van der Waals surface area contributed by atoms with E-state index in [0.717, 1.165) is 92.3 Å². The highest BCUT2D eigenvalue weighted by molar-refractivity contribution is 7.89. The van der Waals surface area contributed by atoms with E-state index in [-0.39, 0.29) is 11.0 Å². The monoisotopic (exact) mass is 467 g/mol. The van der Waals surface area contributed by atoms with Crippen LogP contribution in [-0.4, -0.2) is 27.2 Å². The number of anilines is 1. The highest BCUT2D eigenvalue weighted by atomic mass is 32.2. The Labute approximate surface area is 194 Å². The highest BCUT2D eigenvalue weighted by Crippen LogP contribution is 2.45. The van der Waals surface area contributed by atoms with E-state index in [9.17, 15) is 13.2 Å². The van der Waals surface area contributed by atoms with Gasteiger partial charge in [-0.3, -0.25) is 4.99 Å². The average molecular weight is 468 g/mol. The van der Waals surface area contributed by atoms with Gasteiger partial charge in [0, 0.05) is 41.9 Å². The molecule has 0 unspecified atom stereocenters. The summed E-state index contributed by atoms with van der Waals surface area (Å²) in [5.74, 6) is 1.26. The first kappa shape index (κ1) is 21.0. The van der Waals surface area contributed by atoms with Gasteiger partial charge < -0.3 is 9.73 Å². The summed E-state index contributed by atoms with van der Waals surface area (Å²) in [4.78, 5) is 17.3. The molecular formula is C25H29N3O4S. The fourth-order valence-corrected chi connectivity index (χ4v) is 7.32. The van der Waals surface area contributed by atoms with Crippen LogP contribution in [0.5, 0.6) is 0 Å². The van der Waals surface area contributed by atoms with Gasteiger partial charge >= 0.3 is 6.03 Å². The maximum Gasteiger partial charge on any atom is 0.333 e. The van der Waals surface area contributed by atoms with E-state index in [4.69, 9.17) is 4.42 Å². The summed E-state index contributed by atoms with van der Waals surface area (Å²) in [7, 11) is -2.39. The molecule has 7 rings (SSSR count). The summed E-state index contributed by atoms with van der Waals surface area (Å²) in [6.07, 6.45) is 10.0. The number of hydrogen-bond donors (Lipinski definition) is 2. The number of sulfonamides is 1. The van der Waals surface area contributed by atoms with Crippen molar-refractivity contribution < 1.29 is 17.6 Å². The van der Waals surface area contributed by atoms with Crippen LogP contribution in [0.1, 0.15) is 78.0 Å². The maximum atomic E-state index is 13.1. The number of carbonyl (C=O) groups is 1. The number of hydrogen-bond acceptors (Lipinski definition) is 5. The lowest BCUT2D eigenvalue weighted by molar-refractivity contribution is 0.256. The molecule has 5 aliphatic carbocycles. The number of carbonyl (C=O) groups excluding carboxylic acids is 1. The molecule has 5 aliphatic rings. The minimum Gasteiger partial charge on any atom is -0.447 e. The van der Waals surface area contributed by atoms with Crippen LogP contribution in [0, 0.1) is 5.92 Å². The largest absolute Gasteiger partial charge is 0.447 e. The Kier molecular flexibility index (Phi) is 4.90. The fourth-order valence-electron chi connectivity index (χ4n) is 6.45. The van der Waals surface area contributed by atoms with Crippen molar-refractivity contribution in [3.63, 3.8) is 0 Å². The number of benzene rings is 1. The summed E-state index contributed by atoms with van der Waals surface area (Å²) in [6.45, 7) is 0. The SMILES string of the molecule is CN=C1c2cc(S(=O)(=O)NC(=O)Nc3c4c(cc5c3CCC5)CCC4)oc2C2CCC1CC2. The number of aryl methyl sites for hydroxylation is 2. The number of fused-ring (bicyclic) bond motifs is 4. The third-order valence-corrected chi connectivity index (χ3v) is 9.13. The van der Waals surface area contributed by atoms with Crippen LogP contribution in [0.4, 0.5) is 10.5 Å². The average Bonchev–Trinajstić information content (AvgIpc) is 3.52. The summed E-state index contributed by atoms with van der Waals surface area (Å²) in [5.41, 5.74) is 7.42. The van der Waals surface area contributed by atoms with Crippen LogP contribution in [-0.2, 0) is 35.7 Å². The molecule has 174 valence electrons. The third kappa shape index (κ3) is 3.41. The topological polar surface area (TPSA) is 101 Å². The number of aliphatic imine (C=N–C) groups is 1. The fraction of sp³-hybridized carbons (Fsp3) is 0.520. The summed E-state index contributed by atoms with van der Waals surface area (Å²) in [6, 6.07) is 3.10. The minimum absolute atomic E-state index is 0.208. The third-order valence-electron chi connectivity index (χ3n) is 7.94. The number of furan rings is 1. The Bertz CT molecular complexity index is 1250. The van der Waals surface area contributed by atoms with Crippen molar-refractivity contribution >= 4 is 27.5 Å². The van der Waals surface area contributed by atoms with Crippen molar-refractivity contribution in [2.75, 3.05) is 12.4 Å². The van der Waals surface area contributed by atoms with Gasteiger partial charge in [0.15, 0.2) is 0 Å². The van der Waals surface area contributed by atoms with E-state index < -0.39 is 16.1 Å².